The average molecular weight is 441 g/mol. The van der Waals surface area contributed by atoms with Crippen molar-refractivity contribution in [2.45, 2.75) is 30.1 Å². The molecule has 1 atom stereocenters. The molecule has 2 aliphatic rings. The summed E-state index contributed by atoms with van der Waals surface area (Å²) in [5, 5.41) is 11.9. The first-order chi connectivity index (χ1) is 15.2. The monoisotopic (exact) mass is 440 g/mol. The maximum absolute atomic E-state index is 14.3. The highest BCUT2D eigenvalue weighted by Crippen LogP contribution is 2.41. The highest BCUT2D eigenvalue weighted by molar-refractivity contribution is 7.99. The zero-order valence-corrected chi connectivity index (χ0v) is 17.5. The molecule has 0 radical (unpaired) electrons. The Morgan fingerprint density at radius 1 is 1.13 bits per heavy atom. The van der Waals surface area contributed by atoms with Gasteiger partial charge in [0.05, 0.1) is 17.9 Å². The molecule has 1 aliphatic heterocycles. The fraction of sp³-hybridized carbons (Fsp3) is 0.318. The van der Waals surface area contributed by atoms with Gasteiger partial charge in [0, 0.05) is 6.04 Å². The van der Waals surface area contributed by atoms with E-state index in [0.29, 0.717) is 41.2 Å². The quantitative estimate of drug-likeness (QED) is 0.567. The van der Waals surface area contributed by atoms with Crippen molar-refractivity contribution in [1.29, 1.82) is 0 Å². The molecule has 1 aromatic heterocycles. The molecular weight excluding hydrogens is 419 g/mol. The Kier molecular flexibility index (Phi) is 5.50. The Hall–Kier alpha value is -3.07. The molecule has 31 heavy (non-hydrogen) atoms. The lowest BCUT2D eigenvalue weighted by molar-refractivity contribution is -0.119. The van der Waals surface area contributed by atoms with Gasteiger partial charge in [-0.1, -0.05) is 36.0 Å². The van der Waals surface area contributed by atoms with Crippen molar-refractivity contribution in [2.24, 2.45) is 0 Å². The van der Waals surface area contributed by atoms with Crippen LogP contribution in [0.3, 0.4) is 0 Å². The molecule has 0 spiro atoms. The van der Waals surface area contributed by atoms with Gasteiger partial charge >= 0.3 is 0 Å². The molecule has 1 saturated carbocycles. The Morgan fingerprint density at radius 3 is 2.71 bits per heavy atom. The third-order valence-electron chi connectivity index (χ3n) is 5.12. The third-order valence-corrected chi connectivity index (χ3v) is 6.06. The van der Waals surface area contributed by atoms with E-state index in [0.717, 1.165) is 12.8 Å². The van der Waals surface area contributed by atoms with E-state index in [2.05, 4.69) is 15.5 Å². The minimum atomic E-state index is -0.331. The molecule has 1 aliphatic carbocycles. The molecule has 1 N–H and O–H groups in total. The lowest BCUT2D eigenvalue weighted by Crippen LogP contribution is -2.41. The van der Waals surface area contributed by atoms with E-state index >= 15 is 0 Å². The number of fused-ring (bicyclic) bond motifs is 1. The second-order valence-corrected chi connectivity index (χ2v) is 8.42. The lowest BCUT2D eigenvalue weighted by Gasteiger charge is -2.26. The van der Waals surface area contributed by atoms with Crippen LogP contribution in [0.5, 0.6) is 11.5 Å². The van der Waals surface area contributed by atoms with Crippen LogP contribution in [0, 0.1) is 5.82 Å². The zero-order chi connectivity index (χ0) is 21.2. The summed E-state index contributed by atoms with van der Waals surface area (Å²) in [6.45, 7) is 0.732. The molecule has 160 valence electrons. The minimum absolute atomic E-state index is 0.134. The molecule has 0 saturated heterocycles. The summed E-state index contributed by atoms with van der Waals surface area (Å²) in [5.74, 6) is 1.63. The van der Waals surface area contributed by atoms with Gasteiger partial charge in [-0.3, -0.25) is 9.36 Å². The van der Waals surface area contributed by atoms with Crippen molar-refractivity contribution in [3.63, 3.8) is 0 Å². The number of hydrogen-bond acceptors (Lipinski definition) is 6. The number of halogens is 1. The van der Waals surface area contributed by atoms with E-state index in [9.17, 15) is 9.18 Å². The molecule has 3 aromatic rings. The van der Waals surface area contributed by atoms with Crippen molar-refractivity contribution < 1.29 is 18.7 Å². The highest BCUT2D eigenvalue weighted by atomic mass is 32.2. The number of amides is 1. The Bertz CT molecular complexity index is 1100. The number of benzene rings is 2. The van der Waals surface area contributed by atoms with Crippen LogP contribution in [-0.4, -0.2) is 45.7 Å². The first-order valence-corrected chi connectivity index (χ1v) is 11.2. The van der Waals surface area contributed by atoms with Gasteiger partial charge in [0.2, 0.25) is 5.91 Å². The van der Waals surface area contributed by atoms with Crippen molar-refractivity contribution in [3.8, 4) is 22.9 Å². The topological polar surface area (TPSA) is 78.3 Å². The maximum Gasteiger partial charge on any atom is 0.230 e. The number of thioether (sulfide) groups is 1. The van der Waals surface area contributed by atoms with E-state index < -0.39 is 0 Å². The molecule has 1 unspecified atom stereocenters. The summed E-state index contributed by atoms with van der Waals surface area (Å²) in [6, 6.07) is 14.3. The summed E-state index contributed by atoms with van der Waals surface area (Å²) in [4.78, 5) is 12.4. The number of nitrogens with one attached hydrogen (secondary N) is 1. The van der Waals surface area contributed by atoms with Crippen molar-refractivity contribution in [3.05, 3.63) is 54.3 Å². The second-order valence-electron chi connectivity index (χ2n) is 7.48. The molecule has 0 bridgehead atoms. The molecule has 2 aromatic carbocycles. The van der Waals surface area contributed by atoms with Gasteiger partial charge in [-0.2, -0.15) is 0 Å². The van der Waals surface area contributed by atoms with E-state index in [1.807, 2.05) is 28.8 Å². The largest absolute Gasteiger partial charge is 0.486 e. The normalized spacial score (nSPS) is 17.4. The average Bonchev–Trinajstić information content (AvgIpc) is 3.55. The predicted octanol–water partition coefficient (Wildman–Crippen LogP) is 3.47. The van der Waals surface area contributed by atoms with E-state index in [4.69, 9.17) is 9.47 Å². The van der Waals surface area contributed by atoms with Gasteiger partial charge in [-0.25, -0.2) is 4.39 Å². The van der Waals surface area contributed by atoms with Crippen LogP contribution < -0.4 is 14.8 Å². The second kappa shape index (κ2) is 8.58. The van der Waals surface area contributed by atoms with Gasteiger partial charge < -0.3 is 14.8 Å². The van der Waals surface area contributed by atoms with Crippen molar-refractivity contribution >= 4 is 17.7 Å². The molecular formula is C22H21FN4O3S. The van der Waals surface area contributed by atoms with Gasteiger partial charge in [-0.05, 0) is 37.1 Å². The molecule has 9 heteroatoms. The lowest BCUT2D eigenvalue weighted by atomic mass is 10.2. The number of nitrogens with zero attached hydrogens (tertiary/aromatic N) is 3. The first-order valence-electron chi connectivity index (χ1n) is 10.2. The third kappa shape index (κ3) is 4.36. The van der Waals surface area contributed by atoms with E-state index in [1.54, 1.807) is 18.2 Å². The molecule has 1 amide bonds. The molecule has 1 fully saturated rings. The SMILES string of the molecule is O=C(CSc1nnc(-c2ccccc2F)n1C1CC1)NCC1COc2ccccc2O1. The fourth-order valence-electron chi connectivity index (χ4n) is 3.44. The Balaban J connectivity index is 1.19. The first kappa shape index (κ1) is 19.9. The summed E-state index contributed by atoms with van der Waals surface area (Å²) < 4.78 is 27.7. The highest BCUT2D eigenvalue weighted by Gasteiger charge is 2.31. The van der Waals surface area contributed by atoms with Crippen LogP contribution in [0.4, 0.5) is 4.39 Å². The summed E-state index contributed by atoms with van der Waals surface area (Å²) >= 11 is 1.30. The minimum Gasteiger partial charge on any atom is -0.486 e. The fourth-order valence-corrected chi connectivity index (χ4v) is 4.27. The van der Waals surface area contributed by atoms with Crippen molar-refractivity contribution in [2.75, 3.05) is 18.9 Å². The molecule has 5 rings (SSSR count). The van der Waals surface area contributed by atoms with Crippen LogP contribution in [-0.2, 0) is 4.79 Å². The number of ether oxygens (including phenoxy) is 2. The predicted molar refractivity (Wildman–Crippen MR) is 114 cm³/mol. The van der Waals surface area contributed by atoms with Crippen LogP contribution in [0.25, 0.3) is 11.4 Å². The van der Waals surface area contributed by atoms with Gasteiger partial charge in [-0.15, -0.1) is 10.2 Å². The number of aromatic nitrogens is 3. The van der Waals surface area contributed by atoms with Gasteiger partial charge in [0.1, 0.15) is 18.5 Å². The van der Waals surface area contributed by atoms with E-state index in [-0.39, 0.29) is 29.6 Å². The summed E-state index contributed by atoms with van der Waals surface area (Å²) in [7, 11) is 0. The Morgan fingerprint density at radius 2 is 1.90 bits per heavy atom. The molecule has 2 heterocycles. The standard InChI is InChI=1S/C22H21FN4O3S/c23-17-6-2-1-5-16(17)21-25-26-22(27(21)14-9-10-14)31-13-20(28)24-11-15-12-29-18-7-3-4-8-19(18)30-15/h1-8,14-15H,9-13H2,(H,24,28). The van der Waals surface area contributed by atoms with E-state index in [1.165, 1.54) is 17.8 Å². The number of rotatable bonds is 7. The number of para-hydroxylation sites is 2. The van der Waals surface area contributed by atoms with Crippen LogP contribution in [0.1, 0.15) is 18.9 Å². The van der Waals surface area contributed by atoms with Gasteiger partial charge in [0.25, 0.3) is 0 Å². The van der Waals surface area contributed by atoms with Crippen molar-refractivity contribution in [1.82, 2.24) is 20.1 Å². The van der Waals surface area contributed by atoms with Gasteiger partial charge in [0.15, 0.2) is 22.5 Å². The summed E-state index contributed by atoms with van der Waals surface area (Å²) in [5.41, 5.74) is 0.424. The van der Waals surface area contributed by atoms with Crippen LogP contribution in [0.2, 0.25) is 0 Å². The smallest absolute Gasteiger partial charge is 0.230 e. The Labute approximate surface area is 183 Å². The number of hydrogen-bond donors (Lipinski definition) is 1. The maximum atomic E-state index is 14.3. The number of carbonyl (C=O) groups is 1. The van der Waals surface area contributed by atoms with Crippen LogP contribution in [0.15, 0.2) is 53.7 Å². The zero-order valence-electron chi connectivity index (χ0n) is 16.7. The molecule has 7 nitrogen and oxygen atoms in total. The van der Waals surface area contributed by atoms with Crippen LogP contribution >= 0.6 is 11.8 Å². The summed E-state index contributed by atoms with van der Waals surface area (Å²) in [6.07, 6.45) is 1.76. The number of carbonyl (C=O) groups excluding carboxylic acids is 1.